The average Bonchev–Trinajstić information content (AvgIpc) is 3.11. The summed E-state index contributed by atoms with van der Waals surface area (Å²) in [5.74, 6) is 2.17. The van der Waals surface area contributed by atoms with Crippen molar-refractivity contribution in [3.05, 3.63) is 34.8 Å². The fourth-order valence-electron chi connectivity index (χ4n) is 3.84. The lowest BCUT2D eigenvalue weighted by atomic mass is 10.0. The van der Waals surface area contributed by atoms with Gasteiger partial charge in [0, 0.05) is 43.1 Å². The summed E-state index contributed by atoms with van der Waals surface area (Å²) >= 11 is 0. The summed E-state index contributed by atoms with van der Waals surface area (Å²) in [6.45, 7) is 13.6. The number of rotatable bonds is 5. The Hall–Kier alpha value is -2.08. The molecule has 1 amide bonds. The maximum atomic E-state index is 12.8. The third-order valence-corrected chi connectivity index (χ3v) is 5.07. The third kappa shape index (κ3) is 4.01. The predicted molar refractivity (Wildman–Crippen MR) is 102 cm³/mol. The molecule has 0 spiro atoms. The van der Waals surface area contributed by atoms with Crippen LogP contribution in [-0.2, 0) is 0 Å². The fraction of sp³-hybridized carbons (Fsp3) is 0.600. The van der Waals surface area contributed by atoms with Gasteiger partial charge in [-0.25, -0.2) is 0 Å². The van der Waals surface area contributed by atoms with Crippen molar-refractivity contribution in [1.82, 2.24) is 19.9 Å². The van der Waals surface area contributed by atoms with Crippen LogP contribution in [0.15, 0.2) is 16.7 Å². The topological polar surface area (TPSA) is 63.3 Å². The number of nitrogens with one attached hydrogen (secondary N) is 1. The van der Waals surface area contributed by atoms with Crippen LogP contribution in [0, 0.1) is 26.7 Å². The van der Waals surface area contributed by atoms with Crippen LogP contribution >= 0.6 is 0 Å². The van der Waals surface area contributed by atoms with Crippen molar-refractivity contribution >= 4 is 5.91 Å². The van der Waals surface area contributed by atoms with E-state index in [0.717, 1.165) is 55.4 Å². The van der Waals surface area contributed by atoms with E-state index in [4.69, 9.17) is 4.52 Å². The van der Waals surface area contributed by atoms with Crippen LogP contribution < -0.4 is 5.32 Å². The van der Waals surface area contributed by atoms with Gasteiger partial charge < -0.3 is 14.7 Å². The van der Waals surface area contributed by atoms with Gasteiger partial charge in [0.2, 0.25) is 0 Å². The predicted octanol–water partition coefficient (Wildman–Crippen LogP) is 3.24. The second-order valence-electron chi connectivity index (χ2n) is 7.86. The van der Waals surface area contributed by atoms with E-state index >= 15 is 0 Å². The molecule has 1 fully saturated rings. The molecule has 1 aliphatic rings. The van der Waals surface area contributed by atoms with Crippen molar-refractivity contribution in [2.45, 2.75) is 53.5 Å². The molecule has 0 aliphatic carbocycles. The quantitative estimate of drug-likeness (QED) is 0.891. The Morgan fingerprint density at radius 2 is 1.96 bits per heavy atom. The minimum absolute atomic E-state index is 0.00637. The normalized spacial score (nSPS) is 16.4. The highest BCUT2D eigenvalue weighted by Gasteiger charge is 2.24. The summed E-state index contributed by atoms with van der Waals surface area (Å²) in [5.41, 5.74) is 2.59. The molecule has 0 bridgehead atoms. The molecule has 3 rings (SSSR count). The molecule has 1 N–H and O–H groups in total. The summed E-state index contributed by atoms with van der Waals surface area (Å²) in [6, 6.07) is 4.07. The van der Waals surface area contributed by atoms with E-state index in [-0.39, 0.29) is 11.9 Å². The molecule has 0 unspecified atom stereocenters. The van der Waals surface area contributed by atoms with E-state index in [1.54, 1.807) is 0 Å². The molecule has 1 saturated heterocycles. The van der Waals surface area contributed by atoms with Crippen molar-refractivity contribution < 1.29 is 9.32 Å². The van der Waals surface area contributed by atoms with Crippen molar-refractivity contribution in [1.29, 1.82) is 0 Å². The smallest absolute Gasteiger partial charge is 0.253 e. The first-order chi connectivity index (χ1) is 12.3. The Balaban J connectivity index is 1.66. The van der Waals surface area contributed by atoms with Crippen LogP contribution in [0.1, 0.15) is 54.2 Å². The molecular formula is C20H30N4O2. The molecule has 0 atom stereocenters. The number of carbonyl (C=O) groups excluding carboxylic acids is 1. The number of amides is 1. The lowest BCUT2D eigenvalue weighted by molar-refractivity contribution is 0.0906. The SMILES string of the molecule is Cc1cc(-n2c(C)cc(C(=O)NC3CCN(CC(C)C)CC3)c2C)no1. The van der Waals surface area contributed by atoms with Crippen LogP contribution in [0.4, 0.5) is 0 Å². The number of hydrogen-bond donors (Lipinski definition) is 1. The highest BCUT2D eigenvalue weighted by atomic mass is 16.5. The molecule has 2 aromatic rings. The summed E-state index contributed by atoms with van der Waals surface area (Å²) in [6.07, 6.45) is 2.03. The first kappa shape index (κ1) is 18.7. The van der Waals surface area contributed by atoms with Crippen LogP contribution in [0.2, 0.25) is 0 Å². The van der Waals surface area contributed by atoms with Gasteiger partial charge >= 0.3 is 0 Å². The number of hydrogen-bond acceptors (Lipinski definition) is 4. The Morgan fingerprint density at radius 3 is 2.54 bits per heavy atom. The number of likely N-dealkylation sites (tertiary alicyclic amines) is 1. The van der Waals surface area contributed by atoms with E-state index in [0.29, 0.717) is 11.5 Å². The highest BCUT2D eigenvalue weighted by molar-refractivity contribution is 5.96. The summed E-state index contributed by atoms with van der Waals surface area (Å²) in [4.78, 5) is 15.3. The minimum atomic E-state index is 0.00637. The molecule has 0 radical (unpaired) electrons. The van der Waals surface area contributed by atoms with Crippen molar-refractivity contribution in [3.63, 3.8) is 0 Å². The summed E-state index contributed by atoms with van der Waals surface area (Å²) in [7, 11) is 0. The van der Waals surface area contributed by atoms with Crippen LogP contribution in [0.3, 0.4) is 0 Å². The van der Waals surface area contributed by atoms with Crippen molar-refractivity contribution in [2.24, 2.45) is 5.92 Å². The minimum Gasteiger partial charge on any atom is -0.360 e. The fourth-order valence-corrected chi connectivity index (χ4v) is 3.84. The zero-order chi connectivity index (χ0) is 18.8. The van der Waals surface area contributed by atoms with Gasteiger partial charge in [0.15, 0.2) is 5.82 Å². The number of aromatic nitrogens is 2. The lowest BCUT2D eigenvalue weighted by Gasteiger charge is -2.33. The van der Waals surface area contributed by atoms with Gasteiger partial charge in [-0.3, -0.25) is 9.36 Å². The monoisotopic (exact) mass is 358 g/mol. The van der Waals surface area contributed by atoms with Gasteiger partial charge in [-0.1, -0.05) is 19.0 Å². The molecule has 6 nitrogen and oxygen atoms in total. The van der Waals surface area contributed by atoms with E-state index in [1.807, 2.05) is 37.5 Å². The third-order valence-electron chi connectivity index (χ3n) is 5.07. The zero-order valence-electron chi connectivity index (χ0n) is 16.5. The van der Waals surface area contributed by atoms with Gasteiger partial charge in [-0.15, -0.1) is 0 Å². The molecule has 2 aromatic heterocycles. The second kappa shape index (κ2) is 7.66. The molecule has 6 heteroatoms. The number of nitrogens with zero attached hydrogens (tertiary/aromatic N) is 3. The standard InChI is InChI=1S/C20H30N4O2/c1-13(2)12-23-8-6-17(7-9-23)21-20(25)18-10-14(3)24(16(18)5)19-11-15(4)26-22-19/h10-11,13,17H,6-9,12H2,1-5H3,(H,21,25). The Morgan fingerprint density at radius 1 is 1.27 bits per heavy atom. The van der Waals surface area contributed by atoms with Gasteiger partial charge in [0.25, 0.3) is 5.91 Å². The molecule has 0 aromatic carbocycles. The number of aryl methyl sites for hydroxylation is 2. The molecule has 1 aliphatic heterocycles. The highest BCUT2D eigenvalue weighted by Crippen LogP contribution is 2.21. The van der Waals surface area contributed by atoms with Crippen molar-refractivity contribution in [3.8, 4) is 5.82 Å². The molecule has 26 heavy (non-hydrogen) atoms. The van der Waals surface area contributed by atoms with Gasteiger partial charge in [-0.2, -0.15) is 0 Å². The van der Waals surface area contributed by atoms with Gasteiger partial charge in [-0.05, 0) is 45.6 Å². The van der Waals surface area contributed by atoms with Gasteiger partial charge in [0.05, 0.1) is 5.56 Å². The van der Waals surface area contributed by atoms with E-state index in [1.165, 1.54) is 0 Å². The maximum Gasteiger partial charge on any atom is 0.253 e. The largest absolute Gasteiger partial charge is 0.360 e. The zero-order valence-corrected chi connectivity index (χ0v) is 16.5. The molecule has 3 heterocycles. The van der Waals surface area contributed by atoms with E-state index in [9.17, 15) is 4.79 Å². The Labute approximate surface area is 155 Å². The second-order valence-corrected chi connectivity index (χ2v) is 7.86. The van der Waals surface area contributed by atoms with Crippen LogP contribution in [-0.4, -0.2) is 46.2 Å². The molecular weight excluding hydrogens is 328 g/mol. The summed E-state index contributed by atoms with van der Waals surface area (Å²) < 4.78 is 7.15. The van der Waals surface area contributed by atoms with Crippen LogP contribution in [0.25, 0.3) is 5.82 Å². The molecule has 142 valence electrons. The maximum absolute atomic E-state index is 12.8. The number of carbonyl (C=O) groups is 1. The van der Waals surface area contributed by atoms with Crippen molar-refractivity contribution in [2.75, 3.05) is 19.6 Å². The van der Waals surface area contributed by atoms with Crippen LogP contribution in [0.5, 0.6) is 0 Å². The van der Waals surface area contributed by atoms with E-state index < -0.39 is 0 Å². The Kier molecular flexibility index (Phi) is 5.51. The lowest BCUT2D eigenvalue weighted by Crippen LogP contribution is -2.45. The first-order valence-electron chi connectivity index (χ1n) is 9.51. The summed E-state index contributed by atoms with van der Waals surface area (Å²) in [5, 5.41) is 7.30. The molecule has 0 saturated carbocycles. The average molecular weight is 358 g/mol. The van der Waals surface area contributed by atoms with Gasteiger partial charge in [0.1, 0.15) is 5.76 Å². The first-order valence-corrected chi connectivity index (χ1v) is 9.51. The Bertz CT molecular complexity index is 767. The number of piperidine rings is 1. The van der Waals surface area contributed by atoms with E-state index in [2.05, 4.69) is 29.2 Å².